The van der Waals surface area contributed by atoms with Gasteiger partial charge in [-0.1, -0.05) is 81.4 Å². The first kappa shape index (κ1) is 25.6. The van der Waals surface area contributed by atoms with Crippen LogP contribution in [0.2, 0.25) is 0 Å². The van der Waals surface area contributed by atoms with Crippen molar-refractivity contribution in [2.45, 2.75) is 39.2 Å². The smallest absolute Gasteiger partial charge is 0.255 e. The number of rotatable bonds is 4. The minimum absolute atomic E-state index is 0.0328. The molecule has 1 N–H and O–H groups in total. The van der Waals surface area contributed by atoms with Crippen LogP contribution >= 0.6 is 0 Å². The monoisotopic (exact) mass is 528 g/mol. The summed E-state index contributed by atoms with van der Waals surface area (Å²) < 4.78 is 6.24. The quantitative estimate of drug-likeness (QED) is 0.258. The molecule has 0 aliphatic carbocycles. The van der Waals surface area contributed by atoms with Gasteiger partial charge in [-0.3, -0.25) is 9.59 Å². The molecule has 1 aliphatic heterocycles. The minimum Gasteiger partial charge on any atom is -0.461 e. The van der Waals surface area contributed by atoms with Crippen LogP contribution in [0.1, 0.15) is 58.4 Å². The second kappa shape index (κ2) is 10.2. The molecule has 2 amide bonds. The number of hydrogen-bond donors (Lipinski definition) is 1. The van der Waals surface area contributed by atoms with Crippen molar-refractivity contribution in [3.8, 4) is 11.3 Å². The second-order valence-corrected chi connectivity index (χ2v) is 11.4. The van der Waals surface area contributed by atoms with E-state index in [4.69, 9.17) is 4.42 Å². The molecule has 5 heteroatoms. The predicted octanol–water partition coefficient (Wildman–Crippen LogP) is 7.85. The molecule has 0 unspecified atom stereocenters. The van der Waals surface area contributed by atoms with E-state index in [1.165, 1.54) is 5.56 Å². The van der Waals surface area contributed by atoms with Crippen molar-refractivity contribution in [1.82, 2.24) is 4.90 Å². The van der Waals surface area contributed by atoms with Crippen molar-refractivity contribution < 1.29 is 14.0 Å². The van der Waals surface area contributed by atoms with Gasteiger partial charge in [0, 0.05) is 47.5 Å². The Morgan fingerprint density at radius 1 is 0.850 bits per heavy atom. The first-order valence-electron chi connectivity index (χ1n) is 13.7. The normalized spacial score (nSPS) is 13.2. The number of fused-ring (bicyclic) bond motifs is 2. The molecular weight excluding hydrogens is 496 g/mol. The fraction of sp³-hybridized carbons (Fsp3) is 0.200. The van der Waals surface area contributed by atoms with Crippen molar-refractivity contribution in [2.24, 2.45) is 0 Å². The summed E-state index contributed by atoms with van der Waals surface area (Å²) in [6, 6.07) is 31.3. The van der Waals surface area contributed by atoms with Crippen LogP contribution in [0.3, 0.4) is 0 Å². The third-order valence-corrected chi connectivity index (χ3v) is 7.59. The molecule has 5 aromatic rings. The van der Waals surface area contributed by atoms with Crippen LogP contribution in [0.5, 0.6) is 0 Å². The highest BCUT2D eigenvalue weighted by Crippen LogP contribution is 2.32. The molecule has 40 heavy (non-hydrogen) atoms. The lowest BCUT2D eigenvalue weighted by molar-refractivity contribution is 0.0732. The van der Waals surface area contributed by atoms with E-state index >= 15 is 0 Å². The van der Waals surface area contributed by atoms with Crippen LogP contribution in [-0.4, -0.2) is 23.3 Å². The van der Waals surface area contributed by atoms with Crippen LogP contribution in [0, 0.1) is 0 Å². The van der Waals surface area contributed by atoms with Gasteiger partial charge in [-0.2, -0.15) is 0 Å². The molecule has 1 aliphatic rings. The van der Waals surface area contributed by atoms with Gasteiger partial charge in [0.2, 0.25) is 0 Å². The summed E-state index contributed by atoms with van der Waals surface area (Å²) in [5.74, 6) is 1.52. The summed E-state index contributed by atoms with van der Waals surface area (Å²) in [6.45, 7) is 7.56. The van der Waals surface area contributed by atoms with Crippen LogP contribution in [-0.2, 0) is 18.4 Å². The molecule has 4 aromatic carbocycles. The molecule has 0 saturated heterocycles. The minimum atomic E-state index is -0.154. The maximum atomic E-state index is 13.5. The molecule has 6 rings (SSSR count). The van der Waals surface area contributed by atoms with Crippen molar-refractivity contribution in [1.29, 1.82) is 0 Å². The van der Waals surface area contributed by atoms with Crippen LogP contribution in [0.15, 0.2) is 101 Å². The van der Waals surface area contributed by atoms with Crippen molar-refractivity contribution in [3.05, 3.63) is 125 Å². The standard InChI is InChI=1S/C35H32N2O3/c1-35(2,3)27-16-14-24(15-17-27)33(38)36-28-11-6-10-25(20-28)32-21-26-22-37(19-18-31(26)40-32)34(39)30-13-7-9-23-8-4-5-12-29(23)30/h4-17,20-21H,18-19,22H2,1-3H3,(H,36,38). The molecule has 5 nitrogen and oxygen atoms in total. The van der Waals surface area contributed by atoms with E-state index in [1.807, 2.05) is 102 Å². The molecule has 0 saturated carbocycles. The molecule has 2 heterocycles. The summed E-state index contributed by atoms with van der Waals surface area (Å²) in [5.41, 5.74) is 5.15. The van der Waals surface area contributed by atoms with E-state index in [-0.39, 0.29) is 17.2 Å². The van der Waals surface area contributed by atoms with Gasteiger partial charge >= 0.3 is 0 Å². The molecular formula is C35H32N2O3. The zero-order chi connectivity index (χ0) is 27.9. The second-order valence-electron chi connectivity index (χ2n) is 11.4. The van der Waals surface area contributed by atoms with E-state index < -0.39 is 0 Å². The summed E-state index contributed by atoms with van der Waals surface area (Å²) in [7, 11) is 0. The van der Waals surface area contributed by atoms with Crippen LogP contribution in [0.4, 0.5) is 5.69 Å². The SMILES string of the molecule is CC(C)(C)c1ccc(C(=O)Nc2cccc(-c3cc4c(o3)CCN(C(=O)c3cccc5ccccc35)C4)c2)cc1. The largest absolute Gasteiger partial charge is 0.461 e. The number of amides is 2. The molecule has 0 atom stereocenters. The van der Waals surface area contributed by atoms with Gasteiger partial charge in [0.15, 0.2) is 0 Å². The van der Waals surface area contributed by atoms with Crippen molar-refractivity contribution >= 4 is 28.3 Å². The van der Waals surface area contributed by atoms with Gasteiger partial charge < -0.3 is 14.6 Å². The van der Waals surface area contributed by atoms with Gasteiger partial charge in [0.05, 0.1) is 0 Å². The maximum Gasteiger partial charge on any atom is 0.255 e. The van der Waals surface area contributed by atoms with Gasteiger partial charge in [-0.25, -0.2) is 0 Å². The number of hydrogen-bond acceptors (Lipinski definition) is 3. The summed E-state index contributed by atoms with van der Waals surface area (Å²) >= 11 is 0. The van der Waals surface area contributed by atoms with E-state index in [2.05, 4.69) is 26.1 Å². The molecule has 0 radical (unpaired) electrons. The number of nitrogens with one attached hydrogen (secondary N) is 1. The topological polar surface area (TPSA) is 62.6 Å². The van der Waals surface area contributed by atoms with Gasteiger partial charge in [0.25, 0.3) is 11.8 Å². The Morgan fingerprint density at radius 2 is 1.60 bits per heavy atom. The summed E-state index contributed by atoms with van der Waals surface area (Å²) in [6.07, 6.45) is 0.660. The number of carbonyl (C=O) groups is 2. The van der Waals surface area contributed by atoms with E-state index in [0.717, 1.165) is 39.0 Å². The van der Waals surface area contributed by atoms with Gasteiger partial charge in [0.1, 0.15) is 11.5 Å². The molecule has 0 bridgehead atoms. The van der Waals surface area contributed by atoms with Crippen LogP contribution in [0.25, 0.3) is 22.1 Å². The fourth-order valence-corrected chi connectivity index (χ4v) is 5.31. The first-order chi connectivity index (χ1) is 19.3. The number of nitrogens with zero attached hydrogens (tertiary/aromatic N) is 1. The van der Waals surface area contributed by atoms with Crippen molar-refractivity contribution in [3.63, 3.8) is 0 Å². The zero-order valence-electron chi connectivity index (χ0n) is 23.0. The number of benzene rings is 4. The third-order valence-electron chi connectivity index (χ3n) is 7.59. The number of carbonyl (C=O) groups excluding carboxylic acids is 2. The summed E-state index contributed by atoms with van der Waals surface area (Å²) in [4.78, 5) is 28.3. The van der Waals surface area contributed by atoms with Gasteiger partial charge in [-0.05, 0) is 58.1 Å². The fourth-order valence-electron chi connectivity index (χ4n) is 5.31. The highest BCUT2D eigenvalue weighted by Gasteiger charge is 2.26. The molecule has 200 valence electrons. The van der Waals surface area contributed by atoms with E-state index in [9.17, 15) is 9.59 Å². The van der Waals surface area contributed by atoms with Crippen molar-refractivity contribution in [2.75, 3.05) is 11.9 Å². The Balaban J connectivity index is 1.18. The molecule has 0 fully saturated rings. The molecule has 1 aromatic heterocycles. The lowest BCUT2D eigenvalue weighted by atomic mass is 9.87. The Hall–Kier alpha value is -4.64. The Morgan fingerprint density at radius 3 is 2.40 bits per heavy atom. The number of anilines is 1. The highest BCUT2D eigenvalue weighted by molar-refractivity contribution is 6.07. The zero-order valence-corrected chi connectivity index (χ0v) is 23.0. The Bertz CT molecular complexity index is 1720. The predicted molar refractivity (Wildman–Crippen MR) is 160 cm³/mol. The average Bonchev–Trinajstić information content (AvgIpc) is 3.40. The third kappa shape index (κ3) is 5.03. The van der Waals surface area contributed by atoms with E-state index in [0.29, 0.717) is 30.8 Å². The summed E-state index contributed by atoms with van der Waals surface area (Å²) in [5, 5.41) is 5.04. The average molecular weight is 529 g/mol. The first-order valence-corrected chi connectivity index (χ1v) is 13.7. The lowest BCUT2D eigenvalue weighted by Crippen LogP contribution is -2.35. The lowest BCUT2D eigenvalue weighted by Gasteiger charge is -2.26. The van der Waals surface area contributed by atoms with E-state index in [1.54, 1.807) is 0 Å². The molecule has 0 spiro atoms. The maximum absolute atomic E-state index is 13.5. The number of furan rings is 1. The highest BCUT2D eigenvalue weighted by atomic mass is 16.3. The van der Waals surface area contributed by atoms with Gasteiger partial charge in [-0.15, -0.1) is 0 Å². The Kier molecular flexibility index (Phi) is 6.51. The Labute approximate surface area is 234 Å². The van der Waals surface area contributed by atoms with Crippen LogP contribution < -0.4 is 5.32 Å².